The van der Waals surface area contributed by atoms with Gasteiger partial charge in [0.2, 0.25) is 0 Å². The van der Waals surface area contributed by atoms with Crippen LogP contribution in [0.4, 0.5) is 0 Å². The molecule has 0 bridgehead atoms. The van der Waals surface area contributed by atoms with E-state index in [2.05, 4.69) is 17.4 Å². The van der Waals surface area contributed by atoms with Crippen molar-refractivity contribution in [3.05, 3.63) is 54.6 Å². The Balaban J connectivity index is 1.90. The molecule has 2 N–H and O–H groups in total. The summed E-state index contributed by atoms with van der Waals surface area (Å²) in [6.45, 7) is 0.364. The monoisotopic (exact) mass is 285 g/mol. The van der Waals surface area contributed by atoms with Crippen molar-refractivity contribution in [1.82, 2.24) is 5.32 Å². The van der Waals surface area contributed by atoms with Crippen LogP contribution in [0.3, 0.4) is 0 Å². The van der Waals surface area contributed by atoms with Crippen molar-refractivity contribution in [3.63, 3.8) is 0 Å². The highest BCUT2D eigenvalue weighted by Gasteiger charge is 2.14. The van der Waals surface area contributed by atoms with Crippen molar-refractivity contribution >= 4 is 5.97 Å². The average molecular weight is 285 g/mol. The highest BCUT2D eigenvalue weighted by atomic mass is 16.5. The summed E-state index contributed by atoms with van der Waals surface area (Å²) in [6.07, 6.45) is 0.423. The van der Waals surface area contributed by atoms with Crippen molar-refractivity contribution in [3.8, 4) is 16.9 Å². The first kappa shape index (κ1) is 15.1. The van der Waals surface area contributed by atoms with Crippen molar-refractivity contribution in [2.75, 3.05) is 13.7 Å². The number of carboxylic acid groups (broad SMARTS) is 1. The van der Waals surface area contributed by atoms with Crippen molar-refractivity contribution in [2.24, 2.45) is 0 Å². The molecule has 4 heteroatoms. The maximum absolute atomic E-state index is 10.9. The number of aliphatic carboxylic acids is 1. The van der Waals surface area contributed by atoms with E-state index in [0.29, 0.717) is 13.0 Å². The second-order valence-electron chi connectivity index (χ2n) is 4.71. The van der Waals surface area contributed by atoms with Crippen molar-refractivity contribution in [2.45, 2.75) is 12.5 Å². The maximum atomic E-state index is 10.9. The van der Waals surface area contributed by atoms with Crippen LogP contribution in [0.15, 0.2) is 54.6 Å². The summed E-state index contributed by atoms with van der Waals surface area (Å²) in [5, 5.41) is 11.7. The van der Waals surface area contributed by atoms with Crippen LogP contribution >= 0.6 is 0 Å². The normalized spacial score (nSPS) is 11.9. The van der Waals surface area contributed by atoms with Crippen LogP contribution in [0.25, 0.3) is 11.1 Å². The smallest absolute Gasteiger partial charge is 0.320 e. The van der Waals surface area contributed by atoms with Crippen molar-refractivity contribution in [1.29, 1.82) is 0 Å². The van der Waals surface area contributed by atoms with Crippen LogP contribution in [0, 0.1) is 0 Å². The molecule has 0 aliphatic rings. The van der Waals surface area contributed by atoms with E-state index in [1.54, 1.807) is 7.05 Å². The van der Waals surface area contributed by atoms with Crippen LogP contribution < -0.4 is 10.1 Å². The predicted octanol–water partition coefficient (Wildman–Crippen LogP) is 2.80. The molecule has 4 nitrogen and oxygen atoms in total. The lowest BCUT2D eigenvalue weighted by Crippen LogP contribution is -2.35. The van der Waals surface area contributed by atoms with Gasteiger partial charge < -0.3 is 15.2 Å². The third-order valence-electron chi connectivity index (χ3n) is 3.28. The van der Waals surface area contributed by atoms with E-state index in [4.69, 9.17) is 9.84 Å². The minimum atomic E-state index is -0.861. The Bertz CT molecular complexity index is 566. The summed E-state index contributed by atoms with van der Waals surface area (Å²) in [7, 11) is 1.63. The summed E-state index contributed by atoms with van der Waals surface area (Å²) in [4.78, 5) is 10.9. The molecule has 0 aromatic heterocycles. The van der Waals surface area contributed by atoms with E-state index in [-0.39, 0.29) is 0 Å². The van der Waals surface area contributed by atoms with Gasteiger partial charge in [-0.3, -0.25) is 4.79 Å². The number of ether oxygens (including phenoxy) is 1. The maximum Gasteiger partial charge on any atom is 0.320 e. The third kappa shape index (κ3) is 4.33. The fourth-order valence-corrected chi connectivity index (χ4v) is 2.06. The Labute approximate surface area is 124 Å². The predicted molar refractivity (Wildman–Crippen MR) is 82.5 cm³/mol. The van der Waals surface area contributed by atoms with Gasteiger partial charge in [-0.1, -0.05) is 42.5 Å². The molecule has 110 valence electrons. The van der Waals surface area contributed by atoms with Crippen molar-refractivity contribution < 1.29 is 14.6 Å². The summed E-state index contributed by atoms with van der Waals surface area (Å²) in [6, 6.07) is 17.3. The second kappa shape index (κ2) is 7.45. The number of likely N-dealkylation sites (N-methyl/N-ethyl adjacent to an activating group) is 1. The Morgan fingerprint density at radius 2 is 1.71 bits per heavy atom. The molecule has 1 atom stereocenters. The van der Waals surface area contributed by atoms with E-state index >= 15 is 0 Å². The Morgan fingerprint density at radius 1 is 1.10 bits per heavy atom. The Morgan fingerprint density at radius 3 is 2.29 bits per heavy atom. The minimum absolute atomic E-state index is 0.364. The first-order valence-corrected chi connectivity index (χ1v) is 6.89. The lowest BCUT2D eigenvalue weighted by molar-refractivity contribution is -0.139. The number of carbonyl (C=O) groups is 1. The first-order valence-electron chi connectivity index (χ1n) is 6.89. The standard InChI is InChI=1S/C17H19NO3/c1-18-16(17(19)20)11-12-21-15-9-7-14(8-10-15)13-5-3-2-4-6-13/h2-10,16,18H,11-12H2,1H3,(H,19,20). The van der Waals surface area contributed by atoms with Gasteiger partial charge in [-0.2, -0.15) is 0 Å². The van der Waals surface area contributed by atoms with Gasteiger partial charge in [0.15, 0.2) is 0 Å². The number of hydrogen-bond acceptors (Lipinski definition) is 3. The largest absolute Gasteiger partial charge is 0.494 e. The fourth-order valence-electron chi connectivity index (χ4n) is 2.06. The molecule has 0 saturated carbocycles. The number of rotatable bonds is 7. The number of hydrogen-bond donors (Lipinski definition) is 2. The molecule has 0 spiro atoms. The van der Waals surface area contributed by atoms with E-state index < -0.39 is 12.0 Å². The van der Waals surface area contributed by atoms with Gasteiger partial charge in [0, 0.05) is 6.42 Å². The lowest BCUT2D eigenvalue weighted by Gasteiger charge is -2.12. The van der Waals surface area contributed by atoms with Crippen LogP contribution in [0.5, 0.6) is 5.75 Å². The fraction of sp³-hybridized carbons (Fsp3) is 0.235. The molecule has 0 aliphatic carbocycles. The zero-order valence-corrected chi connectivity index (χ0v) is 12.0. The summed E-state index contributed by atoms with van der Waals surface area (Å²) in [5.41, 5.74) is 2.28. The first-order chi connectivity index (χ1) is 10.2. The summed E-state index contributed by atoms with van der Waals surface area (Å²) in [5.74, 6) is -0.115. The molecule has 2 rings (SSSR count). The molecule has 0 radical (unpaired) electrons. The molecule has 21 heavy (non-hydrogen) atoms. The molecule has 1 unspecified atom stereocenters. The van der Waals surface area contributed by atoms with Gasteiger partial charge in [-0.25, -0.2) is 0 Å². The molecule has 2 aromatic carbocycles. The van der Waals surface area contributed by atoms with E-state index in [1.165, 1.54) is 0 Å². The van der Waals surface area contributed by atoms with Gasteiger partial charge in [-0.05, 0) is 30.3 Å². The van der Waals surface area contributed by atoms with Crippen LogP contribution in [0.2, 0.25) is 0 Å². The molecule has 0 fully saturated rings. The summed E-state index contributed by atoms with van der Waals surface area (Å²) < 4.78 is 5.58. The third-order valence-corrected chi connectivity index (χ3v) is 3.28. The molecule has 0 aliphatic heterocycles. The molecular formula is C17H19NO3. The molecule has 2 aromatic rings. The summed E-state index contributed by atoms with van der Waals surface area (Å²) >= 11 is 0. The van der Waals surface area contributed by atoms with Crippen LogP contribution in [0.1, 0.15) is 6.42 Å². The van der Waals surface area contributed by atoms with Gasteiger partial charge in [0.25, 0.3) is 0 Å². The number of nitrogens with one attached hydrogen (secondary N) is 1. The zero-order chi connectivity index (χ0) is 15.1. The topological polar surface area (TPSA) is 58.6 Å². The van der Waals surface area contributed by atoms with E-state index in [1.807, 2.05) is 42.5 Å². The van der Waals surface area contributed by atoms with E-state index in [9.17, 15) is 4.79 Å². The molecule has 0 amide bonds. The number of carboxylic acids is 1. The minimum Gasteiger partial charge on any atom is -0.494 e. The lowest BCUT2D eigenvalue weighted by atomic mass is 10.1. The van der Waals surface area contributed by atoms with E-state index in [0.717, 1.165) is 16.9 Å². The van der Waals surface area contributed by atoms with Crippen LogP contribution in [-0.4, -0.2) is 30.8 Å². The molecule has 0 heterocycles. The van der Waals surface area contributed by atoms with Gasteiger partial charge in [-0.15, -0.1) is 0 Å². The van der Waals surface area contributed by atoms with Crippen LogP contribution in [-0.2, 0) is 4.79 Å². The second-order valence-corrected chi connectivity index (χ2v) is 4.71. The average Bonchev–Trinajstić information content (AvgIpc) is 2.53. The van der Waals surface area contributed by atoms with Gasteiger partial charge >= 0.3 is 5.97 Å². The Hall–Kier alpha value is -2.33. The molecular weight excluding hydrogens is 266 g/mol. The SMILES string of the molecule is CNC(CCOc1ccc(-c2ccccc2)cc1)C(=O)O. The zero-order valence-electron chi connectivity index (χ0n) is 12.0. The Kier molecular flexibility index (Phi) is 5.35. The molecule has 0 saturated heterocycles. The quantitative estimate of drug-likeness (QED) is 0.821. The highest BCUT2D eigenvalue weighted by Crippen LogP contribution is 2.22. The van der Waals surface area contributed by atoms with Gasteiger partial charge in [0.1, 0.15) is 11.8 Å². The highest BCUT2D eigenvalue weighted by molar-refractivity contribution is 5.73. The number of benzene rings is 2. The van der Waals surface area contributed by atoms with Gasteiger partial charge in [0.05, 0.1) is 6.61 Å².